The van der Waals surface area contributed by atoms with Gasteiger partial charge in [-0.25, -0.2) is 0 Å². The molecular weight excluding hydrogens is 490 g/mol. The maximum Gasteiger partial charge on any atom is 0.264 e. The number of fused-ring (bicyclic) bond motifs is 2. The van der Waals surface area contributed by atoms with E-state index in [2.05, 4.69) is 90.2 Å². The van der Waals surface area contributed by atoms with Crippen LogP contribution in [0.3, 0.4) is 0 Å². The number of benzene rings is 2. The first kappa shape index (κ1) is 27.0. The molecule has 36 heavy (non-hydrogen) atoms. The van der Waals surface area contributed by atoms with Crippen molar-refractivity contribution in [3.63, 3.8) is 0 Å². The summed E-state index contributed by atoms with van der Waals surface area (Å²) in [7, 11) is -4.11. The predicted octanol–water partition coefficient (Wildman–Crippen LogP) is 6.17. The van der Waals surface area contributed by atoms with E-state index >= 15 is 0 Å². The Hall–Kier alpha value is -2.00. The van der Waals surface area contributed by atoms with Crippen molar-refractivity contribution in [3.05, 3.63) is 60.3 Å². The molecule has 0 bridgehead atoms. The van der Waals surface area contributed by atoms with Crippen molar-refractivity contribution in [2.75, 3.05) is 30.3 Å². The molecule has 2 unspecified atom stereocenters. The van der Waals surface area contributed by atoms with E-state index in [1.807, 2.05) is 0 Å². The molecule has 2 aliphatic heterocycles. The highest BCUT2D eigenvalue weighted by Gasteiger charge is 2.40. The molecule has 6 nitrogen and oxygen atoms in total. The van der Waals surface area contributed by atoms with Crippen LogP contribution in [0.5, 0.6) is 0 Å². The molecule has 196 valence electrons. The van der Waals surface area contributed by atoms with Gasteiger partial charge in [-0.05, 0) is 61.7 Å². The Kier molecular flexibility index (Phi) is 9.04. The molecular formula is C28H39N3O3S2. The Morgan fingerprint density at radius 1 is 1.00 bits per heavy atom. The van der Waals surface area contributed by atoms with Crippen LogP contribution in [0, 0.1) is 0 Å². The predicted molar refractivity (Wildman–Crippen MR) is 150 cm³/mol. The Bertz CT molecular complexity index is 1170. The average Bonchev–Trinajstić information content (AvgIpc) is 2.84. The third-order valence-electron chi connectivity index (χ3n) is 6.86. The zero-order valence-electron chi connectivity index (χ0n) is 21.6. The lowest BCUT2D eigenvalue weighted by atomic mass is 10.0. The first-order chi connectivity index (χ1) is 17.4. The Morgan fingerprint density at radius 2 is 1.75 bits per heavy atom. The van der Waals surface area contributed by atoms with Crippen LogP contribution in [0.25, 0.3) is 0 Å². The van der Waals surface area contributed by atoms with Crippen LogP contribution in [0.15, 0.2) is 64.5 Å². The van der Waals surface area contributed by atoms with Crippen LogP contribution < -0.4 is 4.90 Å². The molecule has 0 aromatic heterocycles. The first-order valence-electron chi connectivity index (χ1n) is 13.2. The molecule has 0 saturated carbocycles. The van der Waals surface area contributed by atoms with Crippen molar-refractivity contribution in [1.29, 1.82) is 0 Å². The molecule has 4 rings (SSSR count). The number of para-hydroxylation sites is 1. The van der Waals surface area contributed by atoms with E-state index in [1.54, 1.807) is 11.8 Å². The minimum Gasteiger partial charge on any atom is -0.360 e. The topological polar surface area (TPSA) is 64.1 Å². The summed E-state index contributed by atoms with van der Waals surface area (Å²) in [5.74, 6) is -0.270. The van der Waals surface area contributed by atoms with Gasteiger partial charge in [0.2, 0.25) is 0 Å². The van der Waals surface area contributed by atoms with Gasteiger partial charge in [-0.2, -0.15) is 8.42 Å². The minimum atomic E-state index is -4.11. The average molecular weight is 530 g/mol. The van der Waals surface area contributed by atoms with Crippen LogP contribution in [0.2, 0.25) is 0 Å². The second-order valence-electron chi connectivity index (χ2n) is 9.67. The zero-order chi connectivity index (χ0) is 25.7. The van der Waals surface area contributed by atoms with Gasteiger partial charge in [0.05, 0.1) is 23.2 Å². The van der Waals surface area contributed by atoms with E-state index in [1.165, 1.54) is 15.4 Å². The summed E-state index contributed by atoms with van der Waals surface area (Å²) in [6.07, 6.45) is 8.77. The maximum absolute atomic E-state index is 12.0. The number of nitrogens with zero attached hydrogens (tertiary/aromatic N) is 3. The molecule has 2 aromatic carbocycles. The molecule has 0 radical (unpaired) electrons. The smallest absolute Gasteiger partial charge is 0.264 e. The fourth-order valence-corrected chi connectivity index (χ4v) is 7.07. The third kappa shape index (κ3) is 6.10. The van der Waals surface area contributed by atoms with Crippen molar-refractivity contribution in [2.24, 2.45) is 0 Å². The number of hydrogen-bond donors (Lipinski definition) is 1. The highest BCUT2D eigenvalue weighted by Crippen LogP contribution is 2.50. The molecule has 0 saturated heterocycles. The first-order valence-corrected chi connectivity index (χ1v) is 15.6. The monoisotopic (exact) mass is 529 g/mol. The lowest BCUT2D eigenvalue weighted by Gasteiger charge is -2.50. The Balaban J connectivity index is 1.89. The summed E-state index contributed by atoms with van der Waals surface area (Å²) in [6, 6.07) is 14.9. The Morgan fingerprint density at radius 3 is 2.47 bits per heavy atom. The van der Waals surface area contributed by atoms with E-state index < -0.39 is 10.1 Å². The standard InChI is InChI=1S/C28H39N3O3S2/c1-4-10-22-13-14-27-25(21-22)31(23-11-7-8-12-26(23)35-27)24(15-20-36(32,33)34)28-29(16-5-2)18-9-19-30(28)17-6-3/h7-9,11-14,18,21,24,28H,4-6,10,15-17,19-20H2,1-3H3,(H,32,33,34). The van der Waals surface area contributed by atoms with Crippen LogP contribution >= 0.6 is 11.8 Å². The lowest BCUT2D eigenvalue weighted by Crippen LogP contribution is -2.60. The van der Waals surface area contributed by atoms with Gasteiger partial charge in [0.15, 0.2) is 0 Å². The van der Waals surface area contributed by atoms with Crippen molar-refractivity contribution < 1.29 is 13.0 Å². The molecule has 0 spiro atoms. The fraction of sp³-hybridized carbons (Fsp3) is 0.500. The molecule has 0 aliphatic carbocycles. The van der Waals surface area contributed by atoms with Gasteiger partial charge in [0.1, 0.15) is 6.17 Å². The zero-order valence-corrected chi connectivity index (χ0v) is 23.3. The van der Waals surface area contributed by atoms with Gasteiger partial charge in [-0.1, -0.05) is 63.2 Å². The molecule has 0 fully saturated rings. The number of hydrogen-bond acceptors (Lipinski definition) is 6. The van der Waals surface area contributed by atoms with Gasteiger partial charge in [-0.3, -0.25) is 9.45 Å². The highest BCUT2D eigenvalue weighted by atomic mass is 32.2. The van der Waals surface area contributed by atoms with Gasteiger partial charge in [0.25, 0.3) is 10.1 Å². The van der Waals surface area contributed by atoms with Crippen LogP contribution in [-0.2, 0) is 16.5 Å². The van der Waals surface area contributed by atoms with Gasteiger partial charge < -0.3 is 9.80 Å². The minimum absolute atomic E-state index is 0.0181. The normalized spacial score (nSPS) is 18.7. The number of anilines is 2. The second-order valence-corrected chi connectivity index (χ2v) is 12.3. The van der Waals surface area contributed by atoms with Crippen molar-refractivity contribution >= 4 is 33.3 Å². The molecule has 2 atom stereocenters. The summed E-state index contributed by atoms with van der Waals surface area (Å²) in [5.41, 5.74) is 3.52. The summed E-state index contributed by atoms with van der Waals surface area (Å²) in [5, 5.41) is 0. The Labute approximate surface area is 221 Å². The van der Waals surface area contributed by atoms with Crippen molar-refractivity contribution in [2.45, 2.75) is 74.9 Å². The largest absolute Gasteiger partial charge is 0.360 e. The van der Waals surface area contributed by atoms with E-state index in [0.29, 0.717) is 6.42 Å². The summed E-state index contributed by atoms with van der Waals surface area (Å²) in [4.78, 5) is 9.56. The van der Waals surface area contributed by atoms with Gasteiger partial charge >= 0.3 is 0 Å². The number of aryl methyl sites for hydroxylation is 1. The molecule has 8 heteroatoms. The summed E-state index contributed by atoms with van der Waals surface area (Å²) >= 11 is 1.77. The second kappa shape index (κ2) is 12.0. The summed E-state index contributed by atoms with van der Waals surface area (Å²) in [6.45, 7) is 9.19. The van der Waals surface area contributed by atoms with Crippen LogP contribution in [0.1, 0.15) is 52.0 Å². The fourth-order valence-electron chi connectivity index (χ4n) is 5.47. The van der Waals surface area contributed by atoms with E-state index in [9.17, 15) is 13.0 Å². The van der Waals surface area contributed by atoms with Crippen molar-refractivity contribution in [1.82, 2.24) is 9.80 Å². The quantitative estimate of drug-likeness (QED) is 0.350. The number of rotatable bonds is 11. The SMILES string of the molecule is CCCc1ccc2c(c1)N(C(CCS(=O)(=O)O)C1N(CCC)C=CCN1CCC)c1ccccc1S2. The molecule has 2 heterocycles. The summed E-state index contributed by atoms with van der Waals surface area (Å²) < 4.78 is 33.9. The van der Waals surface area contributed by atoms with Crippen LogP contribution in [-0.4, -0.2) is 60.4 Å². The molecule has 1 N–H and O–H groups in total. The lowest BCUT2D eigenvalue weighted by molar-refractivity contribution is 0.0508. The van der Waals surface area contributed by atoms with E-state index in [4.69, 9.17) is 0 Å². The van der Waals surface area contributed by atoms with Crippen molar-refractivity contribution in [3.8, 4) is 0 Å². The van der Waals surface area contributed by atoms with E-state index in [0.717, 1.165) is 56.7 Å². The molecule has 0 amide bonds. The van der Waals surface area contributed by atoms with Gasteiger partial charge in [0, 0.05) is 29.4 Å². The van der Waals surface area contributed by atoms with Gasteiger partial charge in [-0.15, -0.1) is 0 Å². The maximum atomic E-state index is 12.0. The molecule has 2 aliphatic rings. The van der Waals surface area contributed by atoms with Crippen LogP contribution in [0.4, 0.5) is 11.4 Å². The third-order valence-corrected chi connectivity index (χ3v) is 8.74. The molecule has 2 aromatic rings. The highest BCUT2D eigenvalue weighted by molar-refractivity contribution is 7.99. The van der Waals surface area contributed by atoms with E-state index in [-0.39, 0.29) is 18.0 Å².